The molecule has 2 heterocycles. The molecule has 1 aliphatic rings. The van der Waals surface area contributed by atoms with Gasteiger partial charge < -0.3 is 4.42 Å². The van der Waals surface area contributed by atoms with E-state index in [1.54, 1.807) is 24.3 Å². The molecular weight excluding hydrogens is 588 g/mol. The fraction of sp³-hybridized carbons (Fsp3) is 0.292. The smallest absolute Gasteiger partial charge is 0.403 e. The molecule has 5 rings (SSSR count). The fourth-order valence-corrected chi connectivity index (χ4v) is 6.16. The van der Waals surface area contributed by atoms with Gasteiger partial charge in [0, 0.05) is 15.6 Å². The number of alkyl halides is 3. The molecule has 4 aromatic rings. The maximum Gasteiger partial charge on any atom is 0.403 e. The summed E-state index contributed by atoms with van der Waals surface area (Å²) in [5.41, 5.74) is -1.81. The molecule has 200 valence electrons. The van der Waals surface area contributed by atoms with E-state index in [4.69, 9.17) is 39.2 Å². The van der Waals surface area contributed by atoms with Gasteiger partial charge in [-0.2, -0.15) is 18.3 Å². The maximum absolute atomic E-state index is 13.9. The summed E-state index contributed by atoms with van der Waals surface area (Å²) in [6.07, 6.45) is -4.68. The molecule has 0 N–H and O–H groups in total. The lowest BCUT2D eigenvalue weighted by Crippen LogP contribution is -2.48. The van der Waals surface area contributed by atoms with Crippen LogP contribution in [0.2, 0.25) is 15.1 Å². The van der Waals surface area contributed by atoms with Crippen LogP contribution in [-0.2, 0) is 15.3 Å². The van der Waals surface area contributed by atoms with Crippen molar-refractivity contribution >= 4 is 44.6 Å². The van der Waals surface area contributed by atoms with Crippen LogP contribution in [0.4, 0.5) is 13.2 Å². The number of nitrogens with zero attached hydrogens (tertiary/aromatic N) is 4. The molecule has 1 saturated carbocycles. The van der Waals surface area contributed by atoms with E-state index in [0.717, 1.165) is 0 Å². The zero-order valence-electron chi connectivity index (χ0n) is 19.6. The Morgan fingerprint density at radius 1 is 1.03 bits per heavy atom. The third-order valence-electron chi connectivity index (χ3n) is 6.58. The highest BCUT2D eigenvalue weighted by atomic mass is 35.5. The van der Waals surface area contributed by atoms with Crippen molar-refractivity contribution in [1.29, 1.82) is 0 Å². The Morgan fingerprint density at radius 2 is 1.68 bits per heavy atom. The van der Waals surface area contributed by atoms with Gasteiger partial charge in [-0.25, -0.2) is 13.1 Å². The van der Waals surface area contributed by atoms with Crippen LogP contribution in [0.1, 0.15) is 32.1 Å². The third-order valence-corrected chi connectivity index (χ3v) is 9.13. The van der Waals surface area contributed by atoms with Crippen LogP contribution in [0.3, 0.4) is 0 Å². The molecular formula is C24H18Cl3F3N4O3S. The maximum atomic E-state index is 13.9. The van der Waals surface area contributed by atoms with Crippen LogP contribution in [0.5, 0.6) is 0 Å². The van der Waals surface area contributed by atoms with Crippen LogP contribution in [0.15, 0.2) is 51.8 Å². The lowest BCUT2D eigenvalue weighted by molar-refractivity contribution is -0.219. The fourth-order valence-electron chi connectivity index (χ4n) is 4.33. The Bertz CT molecular complexity index is 1630. The molecule has 0 amide bonds. The van der Waals surface area contributed by atoms with Gasteiger partial charge >= 0.3 is 6.18 Å². The van der Waals surface area contributed by atoms with E-state index in [1.807, 2.05) is 0 Å². The van der Waals surface area contributed by atoms with Crippen molar-refractivity contribution in [2.75, 3.05) is 5.75 Å². The van der Waals surface area contributed by atoms with Gasteiger partial charge in [-0.15, -0.1) is 10.2 Å². The monoisotopic (exact) mass is 604 g/mol. The number of aromatic nitrogens is 4. The second-order valence-electron chi connectivity index (χ2n) is 8.79. The van der Waals surface area contributed by atoms with Gasteiger partial charge in [-0.05, 0) is 43.2 Å². The van der Waals surface area contributed by atoms with E-state index < -0.39 is 33.2 Å². The Hall–Kier alpha value is -2.60. The number of rotatable bonds is 6. The van der Waals surface area contributed by atoms with E-state index in [0.29, 0.717) is 22.0 Å². The molecule has 2 aromatic heterocycles. The summed E-state index contributed by atoms with van der Waals surface area (Å²) < 4.78 is 75.5. The minimum atomic E-state index is -4.61. The highest BCUT2D eigenvalue weighted by Gasteiger charge is 2.63. The van der Waals surface area contributed by atoms with Crippen LogP contribution in [-0.4, -0.2) is 40.3 Å². The normalized spacial score (nSPS) is 15.4. The molecule has 38 heavy (non-hydrogen) atoms. The summed E-state index contributed by atoms with van der Waals surface area (Å²) in [7, 11) is -4.06. The molecule has 0 bridgehead atoms. The van der Waals surface area contributed by atoms with Gasteiger partial charge in [0.05, 0.1) is 22.2 Å². The lowest BCUT2D eigenvalue weighted by atomic mass is 9.68. The number of sulfone groups is 1. The number of hydrogen-bond acceptors (Lipinski definition) is 6. The first kappa shape index (κ1) is 27.0. The predicted octanol–water partition coefficient (Wildman–Crippen LogP) is 7.33. The van der Waals surface area contributed by atoms with Crippen LogP contribution >= 0.6 is 34.8 Å². The van der Waals surface area contributed by atoms with E-state index in [2.05, 4.69) is 15.3 Å². The van der Waals surface area contributed by atoms with Gasteiger partial charge in [-0.3, -0.25) is 0 Å². The van der Waals surface area contributed by atoms with Crippen molar-refractivity contribution in [3.63, 3.8) is 0 Å². The molecule has 0 radical (unpaired) electrons. The number of benzene rings is 2. The SMILES string of the molecule is CCS(=O)(=O)c1c(-c2nnc(C3(C(F)(F)F)CCC3)o2)nn(-c2ccc(Cl)cc2Cl)c1-c1ccc(Cl)cc1. The zero-order valence-corrected chi connectivity index (χ0v) is 22.6. The summed E-state index contributed by atoms with van der Waals surface area (Å²) in [4.78, 5) is -0.293. The van der Waals surface area contributed by atoms with Crippen molar-refractivity contribution in [3.8, 4) is 28.5 Å². The Morgan fingerprint density at radius 3 is 2.24 bits per heavy atom. The first-order chi connectivity index (χ1) is 17.9. The zero-order chi connectivity index (χ0) is 27.5. The molecule has 7 nitrogen and oxygen atoms in total. The van der Waals surface area contributed by atoms with E-state index in [-0.39, 0.29) is 45.6 Å². The van der Waals surface area contributed by atoms with Crippen molar-refractivity contribution in [2.45, 2.75) is 42.7 Å². The summed E-state index contributed by atoms with van der Waals surface area (Å²) in [5.74, 6) is -1.42. The first-order valence-corrected chi connectivity index (χ1v) is 14.1. The van der Waals surface area contributed by atoms with Gasteiger partial charge in [0.15, 0.2) is 15.5 Å². The van der Waals surface area contributed by atoms with Gasteiger partial charge in [-0.1, -0.05) is 60.3 Å². The van der Waals surface area contributed by atoms with E-state index in [9.17, 15) is 21.6 Å². The van der Waals surface area contributed by atoms with Crippen LogP contribution in [0, 0.1) is 0 Å². The summed E-state index contributed by atoms with van der Waals surface area (Å²) >= 11 is 18.6. The molecule has 0 saturated heterocycles. The molecule has 1 aliphatic carbocycles. The van der Waals surface area contributed by atoms with Gasteiger partial charge in [0.2, 0.25) is 5.89 Å². The largest absolute Gasteiger partial charge is 0.418 e. The quantitative estimate of drug-likeness (QED) is 0.229. The molecule has 0 atom stereocenters. The molecule has 1 fully saturated rings. The summed E-state index contributed by atoms with van der Waals surface area (Å²) in [6, 6.07) is 10.8. The highest BCUT2D eigenvalue weighted by molar-refractivity contribution is 7.91. The number of hydrogen-bond donors (Lipinski definition) is 0. The molecule has 0 unspecified atom stereocenters. The van der Waals surface area contributed by atoms with Crippen molar-refractivity contribution < 1.29 is 26.0 Å². The van der Waals surface area contributed by atoms with Crippen molar-refractivity contribution in [2.24, 2.45) is 0 Å². The molecule has 14 heteroatoms. The third kappa shape index (κ3) is 4.39. The van der Waals surface area contributed by atoms with Crippen molar-refractivity contribution in [3.05, 3.63) is 63.4 Å². The standard InChI is InChI=1S/C24H18Cl3F3N4O3S/c1-2-38(35,36)20-18(21-31-32-22(37-21)23(10-3-11-23)24(28,29)30)33-34(17-9-8-15(26)12-16(17)27)19(20)13-4-6-14(25)7-5-13/h4-9,12H,2-3,10-11H2,1H3. The van der Waals surface area contributed by atoms with Gasteiger partial charge in [0.1, 0.15) is 10.3 Å². The molecule has 0 aliphatic heterocycles. The molecule has 2 aromatic carbocycles. The Balaban J connectivity index is 1.82. The molecule has 0 spiro atoms. The van der Waals surface area contributed by atoms with Crippen LogP contribution in [0.25, 0.3) is 28.5 Å². The second-order valence-corrected chi connectivity index (χ2v) is 12.3. The average Bonchev–Trinajstić information content (AvgIpc) is 3.44. The van der Waals surface area contributed by atoms with E-state index >= 15 is 0 Å². The Labute approximate surface area is 230 Å². The minimum Gasteiger partial charge on any atom is -0.418 e. The summed E-state index contributed by atoms with van der Waals surface area (Å²) in [6.45, 7) is 1.43. The van der Waals surface area contributed by atoms with Crippen molar-refractivity contribution in [1.82, 2.24) is 20.0 Å². The van der Waals surface area contributed by atoms with Gasteiger partial charge in [0.25, 0.3) is 5.89 Å². The second kappa shape index (κ2) is 9.55. The Kier molecular flexibility index (Phi) is 6.78. The topological polar surface area (TPSA) is 90.9 Å². The average molecular weight is 606 g/mol. The minimum absolute atomic E-state index is 0.0941. The number of halogens is 6. The highest BCUT2D eigenvalue weighted by Crippen LogP contribution is 2.54. The first-order valence-electron chi connectivity index (χ1n) is 11.4. The lowest BCUT2D eigenvalue weighted by Gasteiger charge is -2.39. The predicted molar refractivity (Wildman–Crippen MR) is 137 cm³/mol. The van der Waals surface area contributed by atoms with E-state index in [1.165, 1.54) is 29.8 Å². The van der Waals surface area contributed by atoms with Crippen LogP contribution < -0.4 is 0 Å². The summed E-state index contributed by atoms with van der Waals surface area (Å²) in [5, 5.41) is 12.8.